The second kappa shape index (κ2) is 6.45. The molecule has 1 amide bonds. The van der Waals surface area contributed by atoms with Crippen LogP contribution in [-0.4, -0.2) is 42.2 Å². The summed E-state index contributed by atoms with van der Waals surface area (Å²) in [6.07, 6.45) is 0.934. The van der Waals surface area contributed by atoms with Crippen LogP contribution in [0.3, 0.4) is 0 Å². The van der Waals surface area contributed by atoms with Crippen LogP contribution < -0.4 is 11.1 Å². The Kier molecular flexibility index (Phi) is 6.30. The van der Waals surface area contributed by atoms with E-state index < -0.39 is 12.0 Å². The summed E-state index contributed by atoms with van der Waals surface area (Å²) in [7, 11) is 0. The second-order valence-corrected chi connectivity index (χ2v) is 3.10. The predicted molar refractivity (Wildman–Crippen MR) is 46.5 cm³/mol. The lowest BCUT2D eigenvalue weighted by Gasteiger charge is -2.06. The van der Waals surface area contributed by atoms with E-state index in [0.717, 1.165) is 12.3 Å². The van der Waals surface area contributed by atoms with Gasteiger partial charge in [-0.05, 0) is 6.26 Å². The van der Waals surface area contributed by atoms with Gasteiger partial charge in [0.15, 0.2) is 0 Å². The fraction of sp³-hybridized carbons (Fsp3) is 0.833. The van der Waals surface area contributed by atoms with Gasteiger partial charge in [-0.15, -0.1) is 0 Å². The molecule has 4 nitrogen and oxygen atoms in total. The summed E-state index contributed by atoms with van der Waals surface area (Å²) in [5.41, 5.74) is 4.82. The summed E-state index contributed by atoms with van der Waals surface area (Å²) in [5, 5.41) is 11.8. The standard InChI is InChI=1S/C6H14N2O2S/c1-11-3-2-8-4-5(9)6(7)10/h5,8-9H,2-4H2,1H3,(H2,7,10). The van der Waals surface area contributed by atoms with Crippen molar-refractivity contribution in [3.05, 3.63) is 0 Å². The van der Waals surface area contributed by atoms with Gasteiger partial charge >= 0.3 is 0 Å². The molecule has 0 spiro atoms. The number of thioether (sulfide) groups is 1. The molecule has 0 aliphatic heterocycles. The topological polar surface area (TPSA) is 75.3 Å². The lowest BCUT2D eigenvalue weighted by molar-refractivity contribution is -0.125. The molecule has 0 aliphatic rings. The van der Waals surface area contributed by atoms with E-state index in [0.29, 0.717) is 0 Å². The van der Waals surface area contributed by atoms with E-state index in [4.69, 9.17) is 10.8 Å². The Bertz CT molecular complexity index is 121. The monoisotopic (exact) mass is 178 g/mol. The fourth-order valence-corrected chi connectivity index (χ4v) is 0.862. The number of aliphatic hydroxyl groups is 1. The smallest absolute Gasteiger partial charge is 0.247 e. The molecular weight excluding hydrogens is 164 g/mol. The Balaban J connectivity index is 3.17. The minimum Gasteiger partial charge on any atom is -0.382 e. The molecule has 4 N–H and O–H groups in total. The number of primary amides is 1. The lowest BCUT2D eigenvalue weighted by atomic mass is 10.3. The Hall–Kier alpha value is -0.260. The fourth-order valence-electron chi connectivity index (χ4n) is 0.514. The number of amides is 1. The lowest BCUT2D eigenvalue weighted by Crippen LogP contribution is -2.38. The molecule has 1 atom stereocenters. The van der Waals surface area contributed by atoms with Gasteiger partial charge in [0, 0.05) is 18.8 Å². The number of nitrogens with one attached hydrogen (secondary N) is 1. The van der Waals surface area contributed by atoms with Gasteiger partial charge in [0.2, 0.25) is 5.91 Å². The first-order chi connectivity index (χ1) is 5.18. The number of carbonyl (C=O) groups excluding carboxylic acids is 1. The van der Waals surface area contributed by atoms with E-state index in [2.05, 4.69) is 5.32 Å². The van der Waals surface area contributed by atoms with Crippen molar-refractivity contribution < 1.29 is 9.90 Å². The van der Waals surface area contributed by atoms with Crippen molar-refractivity contribution in [3.8, 4) is 0 Å². The molecule has 5 heteroatoms. The van der Waals surface area contributed by atoms with Crippen LogP contribution in [0.15, 0.2) is 0 Å². The zero-order chi connectivity index (χ0) is 8.69. The third-order valence-corrected chi connectivity index (χ3v) is 1.76. The first-order valence-electron chi connectivity index (χ1n) is 3.35. The van der Waals surface area contributed by atoms with Crippen LogP contribution >= 0.6 is 11.8 Å². The van der Waals surface area contributed by atoms with Crippen molar-refractivity contribution in [3.63, 3.8) is 0 Å². The summed E-state index contributed by atoms with van der Waals surface area (Å²) in [5.74, 6) is 0.285. The van der Waals surface area contributed by atoms with Crippen molar-refractivity contribution in [2.45, 2.75) is 6.10 Å². The van der Waals surface area contributed by atoms with E-state index in [1.54, 1.807) is 11.8 Å². The number of aliphatic hydroxyl groups excluding tert-OH is 1. The highest BCUT2D eigenvalue weighted by molar-refractivity contribution is 7.98. The van der Waals surface area contributed by atoms with Gasteiger partial charge in [0.25, 0.3) is 0 Å². The Labute approximate surface area is 70.5 Å². The molecule has 0 rings (SSSR count). The minimum atomic E-state index is -1.06. The average molecular weight is 178 g/mol. The first-order valence-corrected chi connectivity index (χ1v) is 4.75. The molecule has 0 saturated heterocycles. The SMILES string of the molecule is CSCCNCC(O)C(N)=O. The van der Waals surface area contributed by atoms with Crippen LogP contribution in [0.5, 0.6) is 0 Å². The van der Waals surface area contributed by atoms with Gasteiger partial charge < -0.3 is 16.2 Å². The van der Waals surface area contributed by atoms with Crippen molar-refractivity contribution in [2.24, 2.45) is 5.73 Å². The Morgan fingerprint density at radius 3 is 2.91 bits per heavy atom. The highest BCUT2D eigenvalue weighted by atomic mass is 32.2. The molecule has 0 heterocycles. The van der Waals surface area contributed by atoms with Crippen molar-refractivity contribution in [1.82, 2.24) is 5.32 Å². The number of rotatable bonds is 6. The van der Waals surface area contributed by atoms with E-state index in [-0.39, 0.29) is 6.54 Å². The second-order valence-electron chi connectivity index (χ2n) is 2.12. The van der Waals surface area contributed by atoms with Crippen LogP contribution in [-0.2, 0) is 4.79 Å². The van der Waals surface area contributed by atoms with Gasteiger partial charge in [-0.3, -0.25) is 4.79 Å². The number of hydrogen-bond acceptors (Lipinski definition) is 4. The Morgan fingerprint density at radius 1 is 1.82 bits per heavy atom. The van der Waals surface area contributed by atoms with E-state index >= 15 is 0 Å². The molecule has 0 aromatic carbocycles. The minimum absolute atomic E-state index is 0.246. The van der Waals surface area contributed by atoms with Crippen molar-refractivity contribution in [1.29, 1.82) is 0 Å². The maximum Gasteiger partial charge on any atom is 0.247 e. The zero-order valence-corrected chi connectivity index (χ0v) is 7.36. The van der Waals surface area contributed by atoms with Crippen molar-refractivity contribution >= 4 is 17.7 Å². The molecule has 11 heavy (non-hydrogen) atoms. The molecule has 0 bridgehead atoms. The third kappa shape index (κ3) is 6.15. The Morgan fingerprint density at radius 2 is 2.45 bits per heavy atom. The molecule has 0 aromatic heterocycles. The van der Waals surface area contributed by atoms with E-state index in [9.17, 15) is 4.79 Å². The first kappa shape index (κ1) is 10.7. The number of carbonyl (C=O) groups is 1. The molecule has 1 unspecified atom stereocenters. The quantitative estimate of drug-likeness (QED) is 0.446. The normalized spacial score (nSPS) is 12.9. The summed E-state index contributed by atoms with van der Waals surface area (Å²) >= 11 is 1.70. The van der Waals surface area contributed by atoms with Gasteiger partial charge in [-0.25, -0.2) is 0 Å². The van der Waals surface area contributed by atoms with Crippen LogP contribution in [0.2, 0.25) is 0 Å². The summed E-state index contributed by atoms with van der Waals surface area (Å²) in [6, 6.07) is 0. The molecule has 0 aromatic rings. The molecule has 0 aliphatic carbocycles. The van der Waals surface area contributed by atoms with Gasteiger partial charge in [-0.1, -0.05) is 0 Å². The predicted octanol–water partition coefficient (Wildman–Crippen LogP) is -1.21. The van der Waals surface area contributed by atoms with Gasteiger partial charge in [0.1, 0.15) is 6.10 Å². The van der Waals surface area contributed by atoms with Crippen LogP contribution in [0.4, 0.5) is 0 Å². The van der Waals surface area contributed by atoms with Crippen molar-refractivity contribution in [2.75, 3.05) is 25.1 Å². The summed E-state index contributed by atoms with van der Waals surface area (Å²) < 4.78 is 0. The zero-order valence-electron chi connectivity index (χ0n) is 6.54. The van der Waals surface area contributed by atoms with E-state index in [1.807, 2.05) is 6.26 Å². The molecule has 0 radical (unpaired) electrons. The summed E-state index contributed by atoms with van der Waals surface area (Å²) in [4.78, 5) is 10.3. The highest BCUT2D eigenvalue weighted by Crippen LogP contribution is 1.87. The largest absolute Gasteiger partial charge is 0.382 e. The molecule has 0 fully saturated rings. The highest BCUT2D eigenvalue weighted by Gasteiger charge is 2.08. The van der Waals surface area contributed by atoms with Crippen LogP contribution in [0, 0.1) is 0 Å². The average Bonchev–Trinajstić information content (AvgIpc) is 1.97. The molecule has 0 saturated carbocycles. The summed E-state index contributed by atoms with van der Waals surface area (Å²) in [6.45, 7) is 1.03. The third-order valence-electron chi connectivity index (χ3n) is 1.15. The molecule has 66 valence electrons. The van der Waals surface area contributed by atoms with E-state index in [1.165, 1.54) is 0 Å². The number of nitrogens with two attached hydrogens (primary N) is 1. The van der Waals surface area contributed by atoms with Gasteiger partial charge in [-0.2, -0.15) is 11.8 Å². The van der Waals surface area contributed by atoms with Crippen LogP contribution in [0.25, 0.3) is 0 Å². The van der Waals surface area contributed by atoms with Crippen LogP contribution in [0.1, 0.15) is 0 Å². The van der Waals surface area contributed by atoms with Gasteiger partial charge in [0.05, 0.1) is 0 Å². The molecular formula is C6H14N2O2S. The maximum atomic E-state index is 10.3. The number of hydrogen-bond donors (Lipinski definition) is 3. The maximum absolute atomic E-state index is 10.3.